The number of hydrogen-bond donors (Lipinski definition) is 0. The third kappa shape index (κ3) is 3.77. The summed E-state index contributed by atoms with van der Waals surface area (Å²) in [7, 11) is 1.92. The van der Waals surface area contributed by atoms with Crippen molar-refractivity contribution in [2.45, 2.75) is 38.5 Å². The first-order valence-corrected chi connectivity index (χ1v) is 8.85. The van der Waals surface area contributed by atoms with Gasteiger partial charge in [-0.2, -0.15) is 0 Å². The Morgan fingerprint density at radius 2 is 1.65 bits per heavy atom. The van der Waals surface area contributed by atoms with Crippen LogP contribution in [0.15, 0.2) is 18.5 Å². The summed E-state index contributed by atoms with van der Waals surface area (Å²) in [6.45, 7) is 2.84. The second kappa shape index (κ2) is 7.20. The summed E-state index contributed by atoms with van der Waals surface area (Å²) in [5, 5.41) is 0. The molecule has 126 valence electrons. The maximum atomic E-state index is 12.7. The van der Waals surface area contributed by atoms with Gasteiger partial charge in [0.2, 0.25) is 5.91 Å². The van der Waals surface area contributed by atoms with E-state index >= 15 is 0 Å². The lowest BCUT2D eigenvalue weighted by molar-refractivity contribution is -0.136. The van der Waals surface area contributed by atoms with Gasteiger partial charge in [-0.1, -0.05) is 19.3 Å². The monoisotopic (exact) mass is 317 g/mol. The first kappa shape index (κ1) is 16.1. The molecule has 5 heteroatoms. The molecule has 1 saturated heterocycles. The maximum Gasteiger partial charge on any atom is 0.255 e. The largest absolute Gasteiger partial charge is 0.356 e. The fraction of sp³-hybridized carbons (Fsp3) is 0.667. The molecule has 2 aliphatic rings. The van der Waals surface area contributed by atoms with Crippen molar-refractivity contribution in [2.75, 3.05) is 26.2 Å². The summed E-state index contributed by atoms with van der Waals surface area (Å²) in [6.07, 6.45) is 10.3. The number of hydrogen-bond acceptors (Lipinski definition) is 2. The number of carbonyl (C=O) groups excluding carboxylic acids is 2. The predicted octanol–water partition coefficient (Wildman–Crippen LogP) is 2.28. The Hall–Kier alpha value is -1.78. The van der Waals surface area contributed by atoms with Gasteiger partial charge in [-0.3, -0.25) is 9.59 Å². The highest BCUT2D eigenvalue weighted by molar-refractivity contribution is 5.94. The van der Waals surface area contributed by atoms with Crippen LogP contribution < -0.4 is 0 Å². The van der Waals surface area contributed by atoms with Crippen molar-refractivity contribution in [3.8, 4) is 0 Å². The zero-order valence-electron chi connectivity index (χ0n) is 14.0. The van der Waals surface area contributed by atoms with E-state index in [2.05, 4.69) is 0 Å². The fourth-order valence-electron chi connectivity index (χ4n) is 3.76. The molecule has 0 spiro atoms. The van der Waals surface area contributed by atoms with Gasteiger partial charge < -0.3 is 14.4 Å². The van der Waals surface area contributed by atoms with Crippen molar-refractivity contribution in [3.05, 3.63) is 24.0 Å². The summed E-state index contributed by atoms with van der Waals surface area (Å²) in [6, 6.07) is 1.86. The Balaban J connectivity index is 1.58. The van der Waals surface area contributed by atoms with Crippen LogP contribution in [0.2, 0.25) is 0 Å². The van der Waals surface area contributed by atoms with E-state index in [0.717, 1.165) is 37.9 Å². The minimum absolute atomic E-state index is 0.0811. The van der Waals surface area contributed by atoms with Crippen molar-refractivity contribution in [3.63, 3.8) is 0 Å². The van der Waals surface area contributed by atoms with Crippen LogP contribution in [0.5, 0.6) is 0 Å². The number of carbonyl (C=O) groups is 2. The molecule has 0 atom stereocenters. The maximum absolute atomic E-state index is 12.7. The molecule has 1 aromatic rings. The van der Waals surface area contributed by atoms with Crippen LogP contribution in [0.4, 0.5) is 0 Å². The standard InChI is InChI=1S/C18H27N3O2/c1-19-11-8-16(14-19)18(23)21-10-5-9-20(12-13-21)17(22)15-6-3-2-4-7-15/h8,11,14-15H,2-7,9-10,12-13H2,1H3. The first-order valence-electron chi connectivity index (χ1n) is 8.85. The molecule has 1 aromatic heterocycles. The van der Waals surface area contributed by atoms with Gasteiger partial charge in [0.25, 0.3) is 5.91 Å². The normalized spacial score (nSPS) is 20.4. The van der Waals surface area contributed by atoms with Crippen LogP contribution in [-0.2, 0) is 11.8 Å². The quantitative estimate of drug-likeness (QED) is 0.840. The third-order valence-electron chi connectivity index (χ3n) is 5.13. The van der Waals surface area contributed by atoms with E-state index < -0.39 is 0 Å². The molecule has 0 radical (unpaired) electrons. The molecule has 0 N–H and O–H groups in total. The van der Waals surface area contributed by atoms with Gasteiger partial charge in [-0.25, -0.2) is 0 Å². The number of aryl methyl sites for hydroxylation is 1. The van der Waals surface area contributed by atoms with E-state index in [1.807, 2.05) is 39.9 Å². The Kier molecular flexibility index (Phi) is 5.03. The Labute approximate surface area is 138 Å². The lowest BCUT2D eigenvalue weighted by Gasteiger charge is -2.28. The molecule has 2 heterocycles. The molecule has 3 rings (SSSR count). The molecular weight excluding hydrogens is 290 g/mol. The van der Waals surface area contributed by atoms with E-state index in [9.17, 15) is 9.59 Å². The molecule has 0 bridgehead atoms. The van der Waals surface area contributed by atoms with Gasteiger partial charge in [0, 0.05) is 51.5 Å². The summed E-state index contributed by atoms with van der Waals surface area (Å²) in [5.74, 6) is 0.622. The topological polar surface area (TPSA) is 45.6 Å². The smallest absolute Gasteiger partial charge is 0.255 e. The zero-order chi connectivity index (χ0) is 16.2. The second-order valence-corrected chi connectivity index (χ2v) is 6.87. The van der Waals surface area contributed by atoms with Gasteiger partial charge in [-0.15, -0.1) is 0 Å². The van der Waals surface area contributed by atoms with Crippen LogP contribution >= 0.6 is 0 Å². The van der Waals surface area contributed by atoms with E-state index in [4.69, 9.17) is 0 Å². The molecule has 1 aliphatic heterocycles. The molecule has 23 heavy (non-hydrogen) atoms. The van der Waals surface area contributed by atoms with E-state index in [0.29, 0.717) is 19.0 Å². The average Bonchev–Trinajstić information content (AvgIpc) is 2.87. The molecule has 2 fully saturated rings. The van der Waals surface area contributed by atoms with Gasteiger partial charge >= 0.3 is 0 Å². The minimum atomic E-state index is 0.0811. The zero-order valence-corrected chi connectivity index (χ0v) is 14.0. The van der Waals surface area contributed by atoms with E-state index in [1.54, 1.807) is 0 Å². The Morgan fingerprint density at radius 1 is 0.957 bits per heavy atom. The number of amides is 2. The lowest BCUT2D eigenvalue weighted by atomic mass is 9.88. The highest BCUT2D eigenvalue weighted by atomic mass is 16.2. The predicted molar refractivity (Wildman–Crippen MR) is 89.1 cm³/mol. The summed E-state index contributed by atoms with van der Waals surface area (Å²) in [4.78, 5) is 29.1. The third-order valence-corrected chi connectivity index (χ3v) is 5.13. The summed E-state index contributed by atoms with van der Waals surface area (Å²) >= 11 is 0. The fourth-order valence-corrected chi connectivity index (χ4v) is 3.76. The van der Waals surface area contributed by atoms with Gasteiger partial charge in [0.1, 0.15) is 0 Å². The van der Waals surface area contributed by atoms with Crippen molar-refractivity contribution in [1.29, 1.82) is 0 Å². The van der Waals surface area contributed by atoms with Crippen molar-refractivity contribution < 1.29 is 9.59 Å². The molecule has 1 saturated carbocycles. The van der Waals surface area contributed by atoms with Crippen LogP contribution in [0.25, 0.3) is 0 Å². The molecule has 0 unspecified atom stereocenters. The highest BCUT2D eigenvalue weighted by Gasteiger charge is 2.28. The van der Waals surface area contributed by atoms with Crippen molar-refractivity contribution in [1.82, 2.24) is 14.4 Å². The number of nitrogens with zero attached hydrogens (tertiary/aromatic N) is 3. The van der Waals surface area contributed by atoms with Crippen LogP contribution in [0, 0.1) is 5.92 Å². The summed E-state index contributed by atoms with van der Waals surface area (Å²) in [5.41, 5.74) is 0.736. The van der Waals surface area contributed by atoms with Gasteiger partial charge in [0.15, 0.2) is 0 Å². The van der Waals surface area contributed by atoms with Crippen LogP contribution in [0.1, 0.15) is 48.9 Å². The average molecular weight is 317 g/mol. The highest BCUT2D eigenvalue weighted by Crippen LogP contribution is 2.26. The second-order valence-electron chi connectivity index (χ2n) is 6.87. The molecule has 0 aromatic carbocycles. The minimum Gasteiger partial charge on any atom is -0.356 e. The molecule has 5 nitrogen and oxygen atoms in total. The van der Waals surface area contributed by atoms with Crippen LogP contribution in [0.3, 0.4) is 0 Å². The first-order chi connectivity index (χ1) is 11.1. The molecule has 1 aliphatic carbocycles. The van der Waals surface area contributed by atoms with E-state index in [-0.39, 0.29) is 11.8 Å². The van der Waals surface area contributed by atoms with Crippen molar-refractivity contribution >= 4 is 11.8 Å². The van der Waals surface area contributed by atoms with E-state index in [1.165, 1.54) is 19.3 Å². The van der Waals surface area contributed by atoms with Gasteiger partial charge in [-0.05, 0) is 25.3 Å². The Bertz CT molecular complexity index is 560. The Morgan fingerprint density at radius 3 is 2.35 bits per heavy atom. The lowest BCUT2D eigenvalue weighted by Crippen LogP contribution is -2.40. The van der Waals surface area contributed by atoms with Crippen molar-refractivity contribution in [2.24, 2.45) is 13.0 Å². The summed E-state index contributed by atoms with van der Waals surface area (Å²) < 4.78 is 1.89. The number of aromatic nitrogens is 1. The van der Waals surface area contributed by atoms with Crippen LogP contribution in [-0.4, -0.2) is 52.4 Å². The SMILES string of the molecule is Cn1ccc(C(=O)N2CCCN(C(=O)C3CCCCC3)CC2)c1. The number of rotatable bonds is 2. The van der Waals surface area contributed by atoms with Gasteiger partial charge in [0.05, 0.1) is 5.56 Å². The molecular formula is C18H27N3O2. The molecule has 2 amide bonds.